The summed E-state index contributed by atoms with van der Waals surface area (Å²) in [5, 5.41) is 11.9. The molecule has 0 aliphatic heterocycles. The largest absolute Gasteiger partial charge is 0.326 e. The first-order chi connectivity index (χ1) is 11.6. The van der Waals surface area contributed by atoms with Gasteiger partial charge in [-0.05, 0) is 35.7 Å². The second kappa shape index (κ2) is 7.57. The number of rotatable bonds is 5. The van der Waals surface area contributed by atoms with Gasteiger partial charge in [0.05, 0.1) is 17.7 Å². The molecule has 2 N–H and O–H groups in total. The van der Waals surface area contributed by atoms with Crippen molar-refractivity contribution in [1.82, 2.24) is 4.98 Å². The van der Waals surface area contributed by atoms with E-state index >= 15 is 0 Å². The molecule has 0 saturated heterocycles. The molecule has 0 aliphatic rings. The summed E-state index contributed by atoms with van der Waals surface area (Å²) in [4.78, 5) is 28.2. The van der Waals surface area contributed by atoms with E-state index in [1.54, 1.807) is 41.1 Å². The fourth-order valence-electron chi connectivity index (χ4n) is 1.91. The van der Waals surface area contributed by atoms with Gasteiger partial charge in [-0.1, -0.05) is 11.6 Å². The molecule has 5 nitrogen and oxygen atoms in total. The van der Waals surface area contributed by atoms with Crippen LogP contribution in [0.2, 0.25) is 5.02 Å². The molecule has 1 aromatic carbocycles. The van der Waals surface area contributed by atoms with Gasteiger partial charge >= 0.3 is 0 Å². The Bertz CT molecular complexity index is 845. The molecule has 8 heteroatoms. The van der Waals surface area contributed by atoms with E-state index in [4.69, 9.17) is 11.6 Å². The van der Waals surface area contributed by atoms with Gasteiger partial charge in [-0.3, -0.25) is 14.9 Å². The number of anilines is 2. The Morgan fingerprint density at radius 3 is 2.58 bits per heavy atom. The predicted molar refractivity (Wildman–Crippen MR) is 98.2 cm³/mol. The Balaban J connectivity index is 1.56. The van der Waals surface area contributed by atoms with Crippen LogP contribution in [0.25, 0.3) is 0 Å². The van der Waals surface area contributed by atoms with Gasteiger partial charge in [0.15, 0.2) is 5.13 Å². The third-order valence-corrected chi connectivity index (χ3v) is 4.77. The zero-order valence-electron chi connectivity index (χ0n) is 12.3. The lowest BCUT2D eigenvalue weighted by atomic mass is 10.3. The summed E-state index contributed by atoms with van der Waals surface area (Å²) in [5.74, 6) is -0.388. The van der Waals surface area contributed by atoms with E-state index in [-0.39, 0.29) is 18.2 Å². The quantitative estimate of drug-likeness (QED) is 0.696. The van der Waals surface area contributed by atoms with Crippen LogP contribution >= 0.6 is 34.3 Å². The van der Waals surface area contributed by atoms with Crippen molar-refractivity contribution in [3.8, 4) is 0 Å². The minimum atomic E-state index is -0.206. The van der Waals surface area contributed by atoms with Crippen LogP contribution in [0, 0.1) is 0 Å². The number of nitrogens with zero attached hydrogens (tertiary/aromatic N) is 1. The van der Waals surface area contributed by atoms with Crippen LogP contribution in [0.3, 0.4) is 0 Å². The smallest absolute Gasteiger partial charge is 0.258 e. The predicted octanol–water partition coefficient (Wildman–Crippen LogP) is 4.29. The highest BCUT2D eigenvalue weighted by Gasteiger charge is 2.11. The van der Waals surface area contributed by atoms with E-state index in [2.05, 4.69) is 15.6 Å². The Kier molecular flexibility index (Phi) is 5.24. The average molecular weight is 378 g/mol. The standard InChI is InChI=1S/C16H12ClN3O2S2/c17-11-1-3-12(4-2-11)18-14(21)7-13-9-24-16(19-13)20-15(22)10-5-6-23-8-10/h1-6,8-9H,7H2,(H,18,21)(H,19,20,22). The zero-order chi connectivity index (χ0) is 16.9. The fraction of sp³-hybridized carbons (Fsp3) is 0.0625. The molecular weight excluding hydrogens is 366 g/mol. The zero-order valence-corrected chi connectivity index (χ0v) is 14.7. The Morgan fingerprint density at radius 2 is 1.88 bits per heavy atom. The van der Waals surface area contributed by atoms with Gasteiger partial charge in [0.1, 0.15) is 0 Å². The number of amides is 2. The van der Waals surface area contributed by atoms with E-state index in [1.165, 1.54) is 22.7 Å². The molecule has 0 aliphatic carbocycles. The molecule has 0 spiro atoms. The summed E-state index contributed by atoms with van der Waals surface area (Å²) in [6.07, 6.45) is 0.132. The van der Waals surface area contributed by atoms with Crippen molar-refractivity contribution in [2.45, 2.75) is 6.42 Å². The summed E-state index contributed by atoms with van der Waals surface area (Å²) in [6, 6.07) is 8.62. The van der Waals surface area contributed by atoms with Crippen LogP contribution in [-0.4, -0.2) is 16.8 Å². The Labute approximate surface area is 151 Å². The average Bonchev–Trinajstić information content (AvgIpc) is 3.21. The molecule has 0 bridgehead atoms. The van der Waals surface area contributed by atoms with Gasteiger partial charge < -0.3 is 5.32 Å². The molecule has 3 rings (SSSR count). The normalized spacial score (nSPS) is 10.4. The van der Waals surface area contributed by atoms with Gasteiger partial charge in [-0.2, -0.15) is 11.3 Å². The number of thiazole rings is 1. The Morgan fingerprint density at radius 1 is 1.08 bits per heavy atom. The number of nitrogens with one attached hydrogen (secondary N) is 2. The summed E-state index contributed by atoms with van der Waals surface area (Å²) < 4.78 is 0. The summed E-state index contributed by atoms with van der Waals surface area (Å²) in [6.45, 7) is 0. The number of halogens is 1. The van der Waals surface area contributed by atoms with Gasteiger partial charge in [-0.25, -0.2) is 4.98 Å². The number of hydrogen-bond acceptors (Lipinski definition) is 5. The molecule has 24 heavy (non-hydrogen) atoms. The lowest BCUT2D eigenvalue weighted by Crippen LogP contribution is -2.15. The summed E-state index contributed by atoms with van der Waals surface area (Å²) >= 11 is 8.55. The number of carbonyl (C=O) groups is 2. The van der Waals surface area contributed by atoms with Crippen LogP contribution in [0.15, 0.2) is 46.5 Å². The minimum Gasteiger partial charge on any atom is -0.326 e. The van der Waals surface area contributed by atoms with Gasteiger partial charge in [0.25, 0.3) is 5.91 Å². The molecule has 2 amide bonds. The summed E-state index contributed by atoms with van der Waals surface area (Å²) in [7, 11) is 0. The Hall–Kier alpha value is -2.22. The number of aromatic nitrogens is 1. The fourth-order valence-corrected chi connectivity index (χ4v) is 3.38. The molecule has 0 unspecified atom stereocenters. The first-order valence-electron chi connectivity index (χ1n) is 6.93. The third kappa shape index (κ3) is 4.41. The highest BCUT2D eigenvalue weighted by molar-refractivity contribution is 7.14. The number of carbonyl (C=O) groups excluding carboxylic acids is 2. The minimum absolute atomic E-state index is 0.132. The lowest BCUT2D eigenvalue weighted by Gasteiger charge is -2.03. The maximum atomic E-state index is 12.0. The van der Waals surface area contributed by atoms with E-state index in [0.29, 0.717) is 27.1 Å². The van der Waals surface area contributed by atoms with Crippen LogP contribution in [0.5, 0.6) is 0 Å². The maximum absolute atomic E-state index is 12.0. The molecule has 0 atom stereocenters. The van der Waals surface area contributed by atoms with E-state index in [1.807, 2.05) is 5.38 Å². The van der Waals surface area contributed by atoms with Crippen LogP contribution in [-0.2, 0) is 11.2 Å². The maximum Gasteiger partial charge on any atom is 0.258 e. The number of thiophene rings is 1. The molecule has 0 radical (unpaired) electrons. The van der Waals surface area contributed by atoms with E-state index in [9.17, 15) is 9.59 Å². The van der Waals surface area contributed by atoms with Crippen LogP contribution in [0.1, 0.15) is 16.1 Å². The molecule has 3 aromatic rings. The monoisotopic (exact) mass is 377 g/mol. The molecule has 0 saturated carbocycles. The first kappa shape index (κ1) is 16.6. The second-order valence-corrected chi connectivity index (χ2v) is 6.92. The van der Waals surface area contributed by atoms with Crippen molar-refractivity contribution in [1.29, 1.82) is 0 Å². The number of benzene rings is 1. The molecule has 122 valence electrons. The lowest BCUT2D eigenvalue weighted by molar-refractivity contribution is -0.115. The highest BCUT2D eigenvalue weighted by atomic mass is 35.5. The first-order valence-corrected chi connectivity index (χ1v) is 9.13. The molecule has 2 heterocycles. The van der Waals surface area contributed by atoms with Crippen molar-refractivity contribution in [3.63, 3.8) is 0 Å². The molecule has 2 aromatic heterocycles. The van der Waals surface area contributed by atoms with Crippen molar-refractivity contribution >= 4 is 56.9 Å². The third-order valence-electron chi connectivity index (χ3n) is 3.03. The van der Waals surface area contributed by atoms with Crippen molar-refractivity contribution < 1.29 is 9.59 Å². The number of hydrogen-bond donors (Lipinski definition) is 2. The van der Waals surface area contributed by atoms with Gasteiger partial charge in [-0.15, -0.1) is 11.3 Å². The van der Waals surface area contributed by atoms with E-state index in [0.717, 1.165) is 0 Å². The van der Waals surface area contributed by atoms with Crippen LogP contribution in [0.4, 0.5) is 10.8 Å². The second-order valence-electron chi connectivity index (χ2n) is 4.84. The van der Waals surface area contributed by atoms with Gasteiger partial charge in [0, 0.05) is 21.5 Å². The van der Waals surface area contributed by atoms with Gasteiger partial charge in [0.2, 0.25) is 5.91 Å². The van der Waals surface area contributed by atoms with Crippen molar-refractivity contribution in [2.75, 3.05) is 10.6 Å². The van der Waals surface area contributed by atoms with Crippen molar-refractivity contribution in [3.05, 3.63) is 62.8 Å². The molecule has 0 fully saturated rings. The summed E-state index contributed by atoms with van der Waals surface area (Å²) in [5.41, 5.74) is 1.87. The molecular formula is C16H12ClN3O2S2. The highest BCUT2D eigenvalue weighted by Crippen LogP contribution is 2.18. The van der Waals surface area contributed by atoms with Crippen molar-refractivity contribution in [2.24, 2.45) is 0 Å². The SMILES string of the molecule is O=C(Cc1csc(NC(=O)c2ccsc2)n1)Nc1ccc(Cl)cc1. The van der Waals surface area contributed by atoms with E-state index < -0.39 is 0 Å². The topological polar surface area (TPSA) is 71.1 Å². The van der Waals surface area contributed by atoms with Crippen LogP contribution < -0.4 is 10.6 Å².